The van der Waals surface area contributed by atoms with Gasteiger partial charge in [0.25, 0.3) is 0 Å². The molecule has 0 amide bonds. The fourth-order valence-corrected chi connectivity index (χ4v) is 4.24. The lowest BCUT2D eigenvalue weighted by atomic mass is 10.1. The minimum absolute atomic E-state index is 0.107. The van der Waals surface area contributed by atoms with E-state index < -0.39 is 5.97 Å². The van der Waals surface area contributed by atoms with Crippen molar-refractivity contribution in [1.29, 1.82) is 0 Å². The summed E-state index contributed by atoms with van der Waals surface area (Å²) in [6, 6.07) is 16.6. The van der Waals surface area contributed by atoms with Crippen LogP contribution in [0.5, 0.6) is 0 Å². The van der Waals surface area contributed by atoms with E-state index >= 15 is 0 Å². The maximum absolute atomic E-state index is 10.9. The number of carbonyl (C=O) groups is 1. The third-order valence-electron chi connectivity index (χ3n) is 4.47. The fraction of sp³-hybridized carbons (Fsp3) is 0.263. The Morgan fingerprint density at radius 3 is 2.44 bits per heavy atom. The van der Waals surface area contributed by atoms with Gasteiger partial charge in [0.05, 0.1) is 12.2 Å². The quantitative estimate of drug-likeness (QED) is 0.900. The number of aliphatic carboxylic acids is 1. The van der Waals surface area contributed by atoms with E-state index in [0.717, 1.165) is 48.2 Å². The lowest BCUT2D eigenvalue weighted by molar-refractivity contribution is -0.138. The second-order valence-corrected chi connectivity index (χ2v) is 7.24. The predicted molar refractivity (Wildman–Crippen MR) is 98.9 cm³/mol. The molecule has 0 aliphatic carbocycles. The summed E-state index contributed by atoms with van der Waals surface area (Å²) >= 11 is 1.75. The predicted octanol–water partition coefficient (Wildman–Crippen LogP) is 2.93. The van der Waals surface area contributed by atoms with E-state index in [2.05, 4.69) is 35.2 Å². The minimum atomic E-state index is -0.768. The summed E-state index contributed by atoms with van der Waals surface area (Å²) in [6.45, 7) is 3.15. The van der Waals surface area contributed by atoms with E-state index in [1.54, 1.807) is 11.8 Å². The van der Waals surface area contributed by atoms with Crippen LogP contribution in [0, 0.1) is 0 Å². The third-order valence-corrected chi connectivity index (χ3v) is 5.61. The normalized spacial score (nSPS) is 17.3. The average Bonchev–Trinajstić information content (AvgIpc) is 2.78. The van der Waals surface area contributed by atoms with E-state index in [1.807, 2.05) is 23.1 Å². The van der Waals surface area contributed by atoms with Crippen LogP contribution < -0.4 is 0 Å². The number of nitrogens with zero attached hydrogens (tertiary/aromatic N) is 3. The zero-order chi connectivity index (χ0) is 17.2. The Kier molecular flexibility index (Phi) is 4.46. The number of aliphatic imine (C=N–C) groups is 1. The van der Waals surface area contributed by atoms with Crippen LogP contribution in [-0.4, -0.2) is 59.4 Å². The summed E-state index contributed by atoms with van der Waals surface area (Å²) in [5.41, 5.74) is 2.14. The van der Waals surface area contributed by atoms with Crippen LogP contribution in [0.25, 0.3) is 0 Å². The number of amidine groups is 1. The zero-order valence-electron chi connectivity index (χ0n) is 13.8. The first-order valence-corrected chi connectivity index (χ1v) is 9.16. The summed E-state index contributed by atoms with van der Waals surface area (Å²) in [6.07, 6.45) is 0. The van der Waals surface area contributed by atoms with Crippen molar-refractivity contribution in [3.05, 3.63) is 54.1 Å². The second kappa shape index (κ2) is 6.90. The Morgan fingerprint density at radius 2 is 1.68 bits per heavy atom. The van der Waals surface area contributed by atoms with Crippen molar-refractivity contribution in [3.8, 4) is 0 Å². The standard InChI is InChI=1S/C19H19N3O2S/c23-18(24)13-21-9-11-22(12-10-21)19-14-5-1-3-7-16(14)25-17-8-4-2-6-15(17)20-19/h1-8H,9-13H2,(H,23,24). The molecule has 2 aromatic carbocycles. The SMILES string of the molecule is O=C(O)CN1CCN(C2=Nc3ccccc3Sc3ccccc32)CC1. The van der Waals surface area contributed by atoms with Crippen molar-refractivity contribution < 1.29 is 9.90 Å². The van der Waals surface area contributed by atoms with E-state index in [4.69, 9.17) is 10.1 Å². The fourth-order valence-electron chi connectivity index (χ4n) is 3.22. The van der Waals surface area contributed by atoms with E-state index in [0.29, 0.717) is 0 Å². The first-order chi connectivity index (χ1) is 12.2. The lowest BCUT2D eigenvalue weighted by Gasteiger charge is -2.36. The van der Waals surface area contributed by atoms with Gasteiger partial charge in [-0.25, -0.2) is 4.99 Å². The summed E-state index contributed by atoms with van der Waals surface area (Å²) < 4.78 is 0. The first-order valence-electron chi connectivity index (χ1n) is 8.35. The molecule has 0 unspecified atom stereocenters. The van der Waals surface area contributed by atoms with Crippen molar-refractivity contribution in [1.82, 2.24) is 9.80 Å². The lowest BCUT2D eigenvalue weighted by Crippen LogP contribution is -2.50. The van der Waals surface area contributed by atoms with Gasteiger partial charge >= 0.3 is 5.97 Å². The topological polar surface area (TPSA) is 56.1 Å². The Morgan fingerprint density at radius 1 is 1.00 bits per heavy atom. The van der Waals surface area contributed by atoms with Crippen LogP contribution in [0.3, 0.4) is 0 Å². The molecule has 0 spiro atoms. The third kappa shape index (κ3) is 3.41. The molecule has 0 aromatic heterocycles. The van der Waals surface area contributed by atoms with Gasteiger partial charge in [-0.2, -0.15) is 0 Å². The first kappa shape index (κ1) is 16.2. The average molecular weight is 353 g/mol. The number of rotatable bonds is 2. The maximum atomic E-state index is 10.9. The van der Waals surface area contributed by atoms with Gasteiger partial charge in [0.2, 0.25) is 0 Å². The highest BCUT2D eigenvalue weighted by molar-refractivity contribution is 7.99. The summed E-state index contributed by atoms with van der Waals surface area (Å²) in [7, 11) is 0. The van der Waals surface area contributed by atoms with Crippen molar-refractivity contribution in [3.63, 3.8) is 0 Å². The maximum Gasteiger partial charge on any atom is 0.317 e. The molecule has 0 atom stereocenters. The molecule has 1 N–H and O–H groups in total. The molecule has 0 radical (unpaired) electrons. The Labute approximate surface area is 151 Å². The molecule has 4 rings (SSSR count). The highest BCUT2D eigenvalue weighted by Gasteiger charge is 2.25. The van der Waals surface area contributed by atoms with Crippen LogP contribution in [0.15, 0.2) is 63.3 Å². The number of benzene rings is 2. The van der Waals surface area contributed by atoms with E-state index in [-0.39, 0.29) is 6.54 Å². The number of piperazine rings is 1. The highest BCUT2D eigenvalue weighted by atomic mass is 32.2. The Hall–Kier alpha value is -2.31. The van der Waals surface area contributed by atoms with Crippen LogP contribution in [0.4, 0.5) is 5.69 Å². The molecule has 1 saturated heterocycles. The van der Waals surface area contributed by atoms with Crippen LogP contribution in [-0.2, 0) is 4.79 Å². The molecule has 25 heavy (non-hydrogen) atoms. The summed E-state index contributed by atoms with van der Waals surface area (Å²) in [5.74, 6) is 0.221. The molecule has 2 aliphatic heterocycles. The van der Waals surface area contributed by atoms with Gasteiger partial charge in [0, 0.05) is 41.5 Å². The largest absolute Gasteiger partial charge is 0.480 e. The number of carboxylic acid groups (broad SMARTS) is 1. The molecule has 0 bridgehead atoms. The molecule has 2 aromatic rings. The molecule has 2 heterocycles. The molecule has 6 heteroatoms. The highest BCUT2D eigenvalue weighted by Crippen LogP contribution is 2.40. The van der Waals surface area contributed by atoms with Gasteiger partial charge in [0.15, 0.2) is 0 Å². The smallest absolute Gasteiger partial charge is 0.317 e. The van der Waals surface area contributed by atoms with Crippen molar-refractivity contribution in [2.45, 2.75) is 9.79 Å². The molecule has 5 nitrogen and oxygen atoms in total. The summed E-state index contributed by atoms with van der Waals surface area (Å²) in [4.78, 5) is 22.5. The zero-order valence-corrected chi connectivity index (χ0v) is 14.6. The monoisotopic (exact) mass is 353 g/mol. The van der Waals surface area contributed by atoms with Gasteiger partial charge < -0.3 is 10.0 Å². The molecule has 0 saturated carbocycles. The van der Waals surface area contributed by atoms with Gasteiger partial charge in [0.1, 0.15) is 5.84 Å². The number of para-hydroxylation sites is 1. The van der Waals surface area contributed by atoms with Gasteiger partial charge in [-0.1, -0.05) is 42.1 Å². The van der Waals surface area contributed by atoms with E-state index in [9.17, 15) is 4.79 Å². The molecule has 2 aliphatic rings. The van der Waals surface area contributed by atoms with Crippen LogP contribution >= 0.6 is 11.8 Å². The van der Waals surface area contributed by atoms with Gasteiger partial charge in [-0.05, 0) is 18.2 Å². The number of carboxylic acids is 1. The number of hydrogen-bond donors (Lipinski definition) is 1. The van der Waals surface area contributed by atoms with Crippen LogP contribution in [0.2, 0.25) is 0 Å². The van der Waals surface area contributed by atoms with Crippen LogP contribution in [0.1, 0.15) is 5.56 Å². The number of hydrogen-bond acceptors (Lipinski definition) is 5. The Bertz CT molecular complexity index is 829. The second-order valence-electron chi connectivity index (χ2n) is 6.16. The minimum Gasteiger partial charge on any atom is -0.480 e. The number of fused-ring (bicyclic) bond motifs is 2. The molecule has 128 valence electrons. The van der Waals surface area contributed by atoms with E-state index in [1.165, 1.54) is 4.90 Å². The van der Waals surface area contributed by atoms with Crippen molar-refractivity contribution in [2.24, 2.45) is 4.99 Å². The van der Waals surface area contributed by atoms with Gasteiger partial charge in [-0.15, -0.1) is 0 Å². The molecular weight excluding hydrogens is 334 g/mol. The Balaban J connectivity index is 1.66. The molecule has 1 fully saturated rings. The molecular formula is C19H19N3O2S. The summed E-state index contributed by atoms with van der Waals surface area (Å²) in [5, 5.41) is 8.98. The van der Waals surface area contributed by atoms with Crippen molar-refractivity contribution >= 4 is 29.3 Å². The van der Waals surface area contributed by atoms with Crippen molar-refractivity contribution in [2.75, 3.05) is 32.7 Å². The van der Waals surface area contributed by atoms with Gasteiger partial charge in [-0.3, -0.25) is 9.69 Å².